The number of hydrogen-bond acceptors (Lipinski definition) is 4. The van der Waals surface area contributed by atoms with Crippen molar-refractivity contribution in [1.29, 1.82) is 0 Å². The van der Waals surface area contributed by atoms with Crippen LogP contribution in [0.25, 0.3) is 0 Å². The summed E-state index contributed by atoms with van der Waals surface area (Å²) in [4.78, 5) is 18.3. The average Bonchev–Trinajstić information content (AvgIpc) is 2.48. The van der Waals surface area contributed by atoms with Crippen molar-refractivity contribution in [3.8, 4) is 0 Å². The molecular weight excluding hydrogens is 242 g/mol. The first kappa shape index (κ1) is 14.0. The van der Waals surface area contributed by atoms with Gasteiger partial charge in [0, 0.05) is 33.1 Å². The molecule has 0 unspecified atom stereocenters. The summed E-state index contributed by atoms with van der Waals surface area (Å²) in [6, 6.07) is 3.84. The number of pyridine rings is 1. The lowest BCUT2D eigenvalue weighted by atomic mass is 9.90. The Morgan fingerprint density at radius 3 is 2.63 bits per heavy atom. The molecule has 1 fully saturated rings. The lowest BCUT2D eigenvalue weighted by Gasteiger charge is -2.37. The Morgan fingerprint density at radius 2 is 2.05 bits per heavy atom. The molecule has 0 aromatic carbocycles. The summed E-state index contributed by atoms with van der Waals surface area (Å²) in [6.45, 7) is 2.23. The first-order valence-electron chi connectivity index (χ1n) is 6.58. The second kappa shape index (κ2) is 6.12. The van der Waals surface area contributed by atoms with Crippen LogP contribution < -0.4 is 5.32 Å². The van der Waals surface area contributed by atoms with E-state index in [9.17, 15) is 4.79 Å². The van der Waals surface area contributed by atoms with Gasteiger partial charge < -0.3 is 15.0 Å². The molecule has 0 atom stereocenters. The Morgan fingerprint density at radius 1 is 1.42 bits per heavy atom. The molecule has 5 nitrogen and oxygen atoms in total. The lowest BCUT2D eigenvalue weighted by molar-refractivity contribution is -0.157. The van der Waals surface area contributed by atoms with Gasteiger partial charge in [-0.1, -0.05) is 0 Å². The van der Waals surface area contributed by atoms with Gasteiger partial charge in [-0.05, 0) is 43.6 Å². The van der Waals surface area contributed by atoms with Gasteiger partial charge >= 0.3 is 0 Å². The molecule has 19 heavy (non-hydrogen) atoms. The van der Waals surface area contributed by atoms with Crippen LogP contribution in [0.1, 0.15) is 18.4 Å². The molecule has 0 spiro atoms. The van der Waals surface area contributed by atoms with Crippen LogP contribution in [0.15, 0.2) is 24.5 Å². The second-order valence-corrected chi connectivity index (χ2v) is 4.97. The number of carbonyl (C=O) groups is 1. The molecule has 1 aromatic heterocycles. The minimum absolute atomic E-state index is 0.0633. The van der Waals surface area contributed by atoms with Crippen LogP contribution in [0.2, 0.25) is 0 Å². The molecule has 1 aliphatic rings. The van der Waals surface area contributed by atoms with Gasteiger partial charge in [-0.15, -0.1) is 0 Å². The summed E-state index contributed by atoms with van der Waals surface area (Å²) in [5, 5.41) is 3.26. The standard InChI is InChI=1S/C14H21N3O2/c1-17(11-12-3-7-15-8-4-12)13(18)14(19-2)5-9-16-10-6-14/h3-4,7-8,16H,5-6,9-11H2,1-2H3. The minimum atomic E-state index is -0.660. The summed E-state index contributed by atoms with van der Waals surface area (Å²) < 4.78 is 5.56. The van der Waals surface area contributed by atoms with Crippen molar-refractivity contribution in [1.82, 2.24) is 15.2 Å². The molecule has 1 saturated heterocycles. The van der Waals surface area contributed by atoms with Gasteiger partial charge in [0.1, 0.15) is 5.60 Å². The normalized spacial score (nSPS) is 18.0. The monoisotopic (exact) mass is 263 g/mol. The van der Waals surface area contributed by atoms with Gasteiger partial charge in [0.15, 0.2) is 0 Å². The quantitative estimate of drug-likeness (QED) is 0.873. The summed E-state index contributed by atoms with van der Waals surface area (Å²) >= 11 is 0. The highest BCUT2D eigenvalue weighted by Crippen LogP contribution is 2.25. The van der Waals surface area contributed by atoms with Crippen LogP contribution in [0, 0.1) is 0 Å². The fourth-order valence-corrected chi connectivity index (χ4v) is 2.52. The summed E-state index contributed by atoms with van der Waals surface area (Å²) in [6.07, 6.45) is 4.93. The van der Waals surface area contributed by atoms with Gasteiger partial charge in [0.25, 0.3) is 5.91 Å². The van der Waals surface area contributed by atoms with Crippen molar-refractivity contribution >= 4 is 5.91 Å². The van der Waals surface area contributed by atoms with Crippen molar-refractivity contribution < 1.29 is 9.53 Å². The Balaban J connectivity index is 2.05. The number of rotatable bonds is 4. The number of nitrogens with zero attached hydrogens (tertiary/aromatic N) is 2. The number of aromatic nitrogens is 1. The molecule has 1 aromatic rings. The molecule has 2 heterocycles. The second-order valence-electron chi connectivity index (χ2n) is 4.97. The van der Waals surface area contributed by atoms with E-state index in [2.05, 4.69) is 10.3 Å². The zero-order valence-corrected chi connectivity index (χ0v) is 11.6. The first-order chi connectivity index (χ1) is 9.18. The molecule has 0 aliphatic carbocycles. The molecule has 1 amide bonds. The maximum atomic E-state index is 12.6. The zero-order valence-electron chi connectivity index (χ0n) is 11.6. The Labute approximate surface area is 114 Å². The molecule has 0 bridgehead atoms. The van der Waals surface area contributed by atoms with Crippen molar-refractivity contribution in [3.05, 3.63) is 30.1 Å². The SMILES string of the molecule is COC1(C(=O)N(C)Cc2ccncc2)CCNCC1. The summed E-state index contributed by atoms with van der Waals surface area (Å²) in [7, 11) is 3.45. The molecule has 2 rings (SSSR count). The van der Waals surface area contributed by atoms with Gasteiger partial charge in [-0.25, -0.2) is 0 Å². The highest BCUT2D eigenvalue weighted by molar-refractivity contribution is 5.85. The van der Waals surface area contributed by atoms with Crippen LogP contribution in [-0.2, 0) is 16.1 Å². The number of piperidine rings is 1. The van der Waals surface area contributed by atoms with Crippen molar-refractivity contribution in [2.75, 3.05) is 27.2 Å². The molecule has 0 saturated carbocycles. The average molecular weight is 263 g/mol. The van der Waals surface area contributed by atoms with E-state index in [4.69, 9.17) is 4.74 Å². The number of hydrogen-bond donors (Lipinski definition) is 1. The third kappa shape index (κ3) is 3.11. The minimum Gasteiger partial charge on any atom is -0.368 e. The predicted molar refractivity (Wildman–Crippen MR) is 72.6 cm³/mol. The molecule has 104 valence electrons. The van der Waals surface area contributed by atoms with E-state index in [0.717, 1.165) is 31.5 Å². The first-order valence-corrected chi connectivity index (χ1v) is 6.58. The van der Waals surface area contributed by atoms with E-state index in [1.807, 2.05) is 19.2 Å². The number of methoxy groups -OCH3 is 1. The number of likely N-dealkylation sites (N-methyl/N-ethyl adjacent to an activating group) is 1. The Bertz CT molecular complexity index is 416. The van der Waals surface area contributed by atoms with Crippen LogP contribution in [0.3, 0.4) is 0 Å². The molecule has 5 heteroatoms. The van der Waals surface area contributed by atoms with Crippen LogP contribution in [-0.4, -0.2) is 48.6 Å². The van der Waals surface area contributed by atoms with Crippen molar-refractivity contribution in [2.45, 2.75) is 25.0 Å². The largest absolute Gasteiger partial charge is 0.368 e. The van der Waals surface area contributed by atoms with Crippen LogP contribution in [0.5, 0.6) is 0 Å². The molecule has 1 N–H and O–H groups in total. The highest BCUT2D eigenvalue weighted by Gasteiger charge is 2.41. The van der Waals surface area contributed by atoms with E-state index in [1.54, 1.807) is 24.4 Å². The summed E-state index contributed by atoms with van der Waals surface area (Å²) in [5.41, 5.74) is 0.415. The van der Waals surface area contributed by atoms with E-state index < -0.39 is 5.60 Å². The topological polar surface area (TPSA) is 54.5 Å². The fraction of sp³-hybridized carbons (Fsp3) is 0.571. The third-order valence-electron chi connectivity index (χ3n) is 3.71. The Kier molecular flexibility index (Phi) is 4.50. The number of ether oxygens (including phenoxy) is 1. The third-order valence-corrected chi connectivity index (χ3v) is 3.71. The van der Waals surface area contributed by atoms with Crippen molar-refractivity contribution in [2.24, 2.45) is 0 Å². The van der Waals surface area contributed by atoms with Crippen LogP contribution >= 0.6 is 0 Å². The lowest BCUT2D eigenvalue weighted by Crippen LogP contribution is -2.54. The summed E-state index contributed by atoms with van der Waals surface area (Å²) in [5.74, 6) is 0.0633. The van der Waals surface area contributed by atoms with E-state index in [0.29, 0.717) is 6.54 Å². The van der Waals surface area contributed by atoms with E-state index in [-0.39, 0.29) is 5.91 Å². The van der Waals surface area contributed by atoms with Gasteiger partial charge in [0.2, 0.25) is 0 Å². The van der Waals surface area contributed by atoms with Gasteiger partial charge in [0.05, 0.1) is 0 Å². The number of nitrogens with one attached hydrogen (secondary N) is 1. The van der Waals surface area contributed by atoms with E-state index >= 15 is 0 Å². The molecule has 1 aliphatic heterocycles. The van der Waals surface area contributed by atoms with E-state index in [1.165, 1.54) is 0 Å². The van der Waals surface area contributed by atoms with Crippen molar-refractivity contribution in [3.63, 3.8) is 0 Å². The van der Waals surface area contributed by atoms with Gasteiger partial charge in [-0.3, -0.25) is 9.78 Å². The number of carbonyl (C=O) groups excluding carboxylic acids is 1. The zero-order chi connectivity index (χ0) is 13.7. The molecule has 0 radical (unpaired) electrons. The molecular formula is C14H21N3O2. The van der Waals surface area contributed by atoms with Gasteiger partial charge in [-0.2, -0.15) is 0 Å². The maximum Gasteiger partial charge on any atom is 0.254 e. The Hall–Kier alpha value is -1.46. The van der Waals surface area contributed by atoms with Crippen LogP contribution in [0.4, 0.5) is 0 Å². The predicted octanol–water partition coefficient (Wildman–Crippen LogP) is 0.809. The number of amides is 1. The highest BCUT2D eigenvalue weighted by atomic mass is 16.5. The maximum absolute atomic E-state index is 12.6. The fourth-order valence-electron chi connectivity index (χ4n) is 2.52. The smallest absolute Gasteiger partial charge is 0.254 e.